The summed E-state index contributed by atoms with van der Waals surface area (Å²) in [5, 5.41) is 0. The van der Waals surface area contributed by atoms with Gasteiger partial charge in [-0.05, 0) is 43.9 Å². The van der Waals surface area contributed by atoms with Crippen LogP contribution < -0.4 is 4.74 Å². The van der Waals surface area contributed by atoms with Crippen molar-refractivity contribution in [1.82, 2.24) is 9.80 Å². The third kappa shape index (κ3) is 5.55. The topological polar surface area (TPSA) is 49.9 Å². The number of ether oxygens (including phenoxy) is 1. The minimum atomic E-state index is -0.202. The Morgan fingerprint density at radius 1 is 1.12 bits per heavy atom. The van der Waals surface area contributed by atoms with E-state index in [4.69, 9.17) is 4.74 Å². The standard InChI is InChI=1S/C19H30N2O3/c1-7-21(8-2)18(22)12-20(6)19(23)13-24-17-11-15(5)9-10-16(17)14(3)4/h9-11,14H,7-8,12-13H2,1-6H3. The van der Waals surface area contributed by atoms with Gasteiger partial charge in [0.05, 0.1) is 6.54 Å². The van der Waals surface area contributed by atoms with Crippen molar-refractivity contribution in [2.75, 3.05) is 33.3 Å². The van der Waals surface area contributed by atoms with Crippen LogP contribution in [0.1, 0.15) is 44.7 Å². The summed E-state index contributed by atoms with van der Waals surface area (Å²) in [5.41, 5.74) is 2.17. The molecule has 0 bridgehead atoms. The molecule has 0 saturated heterocycles. The second-order valence-corrected chi connectivity index (χ2v) is 6.30. The summed E-state index contributed by atoms with van der Waals surface area (Å²) in [4.78, 5) is 27.5. The van der Waals surface area contributed by atoms with Gasteiger partial charge in [-0.2, -0.15) is 0 Å². The highest BCUT2D eigenvalue weighted by molar-refractivity contribution is 5.85. The molecule has 5 nitrogen and oxygen atoms in total. The Labute approximate surface area is 145 Å². The van der Waals surface area contributed by atoms with Gasteiger partial charge in [-0.15, -0.1) is 0 Å². The molecule has 134 valence electrons. The Morgan fingerprint density at radius 3 is 2.29 bits per heavy atom. The molecular weight excluding hydrogens is 304 g/mol. The Morgan fingerprint density at radius 2 is 1.75 bits per heavy atom. The van der Waals surface area contributed by atoms with Crippen molar-refractivity contribution in [1.29, 1.82) is 0 Å². The Bertz CT molecular complexity index is 566. The first-order chi connectivity index (χ1) is 11.3. The monoisotopic (exact) mass is 334 g/mol. The van der Waals surface area contributed by atoms with Crippen molar-refractivity contribution in [3.05, 3.63) is 29.3 Å². The molecule has 2 amide bonds. The molecule has 0 aliphatic carbocycles. The SMILES string of the molecule is CCN(CC)C(=O)CN(C)C(=O)COc1cc(C)ccc1C(C)C. The van der Waals surface area contributed by atoms with Gasteiger partial charge in [-0.1, -0.05) is 26.0 Å². The highest BCUT2D eigenvalue weighted by Crippen LogP contribution is 2.27. The number of aryl methyl sites for hydroxylation is 1. The number of carbonyl (C=O) groups excluding carboxylic acids is 2. The van der Waals surface area contributed by atoms with Crippen LogP contribution in [0.25, 0.3) is 0 Å². The predicted octanol–water partition coefficient (Wildman–Crippen LogP) is 2.82. The first kappa shape index (κ1) is 20.0. The van der Waals surface area contributed by atoms with Gasteiger partial charge in [-0.3, -0.25) is 9.59 Å². The van der Waals surface area contributed by atoms with Crippen LogP contribution in [0.5, 0.6) is 5.75 Å². The molecule has 0 aromatic heterocycles. The highest BCUT2D eigenvalue weighted by Gasteiger charge is 2.17. The molecule has 0 unspecified atom stereocenters. The molecule has 1 aromatic carbocycles. The number of hydrogen-bond acceptors (Lipinski definition) is 3. The largest absolute Gasteiger partial charge is 0.483 e. The summed E-state index contributed by atoms with van der Waals surface area (Å²) < 4.78 is 5.74. The van der Waals surface area contributed by atoms with Gasteiger partial charge in [0, 0.05) is 20.1 Å². The molecule has 0 aliphatic heterocycles. The minimum Gasteiger partial charge on any atom is -0.483 e. The second kappa shape index (κ2) is 9.30. The molecule has 0 radical (unpaired) electrons. The lowest BCUT2D eigenvalue weighted by molar-refractivity contribution is -0.140. The van der Waals surface area contributed by atoms with E-state index in [2.05, 4.69) is 13.8 Å². The van der Waals surface area contributed by atoms with E-state index in [9.17, 15) is 9.59 Å². The number of benzene rings is 1. The lowest BCUT2D eigenvalue weighted by Crippen LogP contribution is -2.42. The van der Waals surface area contributed by atoms with Gasteiger partial charge < -0.3 is 14.5 Å². The number of likely N-dealkylation sites (N-methyl/N-ethyl adjacent to an activating group) is 2. The average molecular weight is 334 g/mol. The molecule has 0 atom stereocenters. The third-order valence-corrected chi connectivity index (χ3v) is 4.06. The summed E-state index contributed by atoms with van der Waals surface area (Å²) in [7, 11) is 1.63. The van der Waals surface area contributed by atoms with Crippen molar-refractivity contribution in [2.45, 2.75) is 40.5 Å². The normalized spacial score (nSPS) is 10.6. The zero-order valence-corrected chi connectivity index (χ0v) is 15.8. The molecule has 1 rings (SSSR count). The second-order valence-electron chi connectivity index (χ2n) is 6.30. The van der Waals surface area contributed by atoms with Crippen LogP contribution in [0.2, 0.25) is 0 Å². The van der Waals surface area contributed by atoms with E-state index < -0.39 is 0 Å². The minimum absolute atomic E-state index is 0.0470. The molecule has 24 heavy (non-hydrogen) atoms. The van der Waals surface area contributed by atoms with E-state index in [0.717, 1.165) is 16.9 Å². The fraction of sp³-hybridized carbons (Fsp3) is 0.579. The Hall–Kier alpha value is -2.04. The van der Waals surface area contributed by atoms with Crippen LogP contribution in [-0.2, 0) is 9.59 Å². The smallest absolute Gasteiger partial charge is 0.260 e. The molecule has 0 spiro atoms. The van der Waals surface area contributed by atoms with Crippen molar-refractivity contribution in [3.8, 4) is 5.75 Å². The number of carbonyl (C=O) groups is 2. The third-order valence-electron chi connectivity index (χ3n) is 4.06. The maximum atomic E-state index is 12.2. The predicted molar refractivity (Wildman–Crippen MR) is 96.3 cm³/mol. The van der Waals surface area contributed by atoms with Crippen molar-refractivity contribution in [2.24, 2.45) is 0 Å². The van der Waals surface area contributed by atoms with E-state index in [1.165, 1.54) is 4.90 Å². The number of nitrogens with zero attached hydrogens (tertiary/aromatic N) is 2. The van der Waals surface area contributed by atoms with Gasteiger partial charge in [-0.25, -0.2) is 0 Å². The molecular formula is C19H30N2O3. The molecule has 1 aromatic rings. The van der Waals surface area contributed by atoms with Gasteiger partial charge in [0.25, 0.3) is 5.91 Å². The zero-order chi connectivity index (χ0) is 18.3. The van der Waals surface area contributed by atoms with Crippen LogP contribution in [0.4, 0.5) is 0 Å². The van der Waals surface area contributed by atoms with Gasteiger partial charge in [0.15, 0.2) is 6.61 Å². The maximum Gasteiger partial charge on any atom is 0.260 e. The lowest BCUT2D eigenvalue weighted by Gasteiger charge is -2.23. The van der Waals surface area contributed by atoms with E-state index in [-0.39, 0.29) is 25.0 Å². The number of rotatable bonds is 8. The van der Waals surface area contributed by atoms with Gasteiger partial charge in [0.2, 0.25) is 5.91 Å². The fourth-order valence-corrected chi connectivity index (χ4v) is 2.46. The van der Waals surface area contributed by atoms with Crippen LogP contribution >= 0.6 is 0 Å². The highest BCUT2D eigenvalue weighted by atomic mass is 16.5. The van der Waals surface area contributed by atoms with Crippen LogP contribution in [0, 0.1) is 6.92 Å². The molecule has 0 saturated carbocycles. The summed E-state index contributed by atoms with van der Waals surface area (Å²) >= 11 is 0. The maximum absolute atomic E-state index is 12.2. The molecule has 5 heteroatoms. The lowest BCUT2D eigenvalue weighted by atomic mass is 10.0. The Balaban J connectivity index is 2.66. The Kier molecular flexibility index (Phi) is 7.75. The van der Waals surface area contributed by atoms with Crippen molar-refractivity contribution < 1.29 is 14.3 Å². The van der Waals surface area contributed by atoms with Crippen molar-refractivity contribution in [3.63, 3.8) is 0 Å². The summed E-state index contributed by atoms with van der Waals surface area (Å²) in [5.74, 6) is 0.806. The zero-order valence-electron chi connectivity index (χ0n) is 15.8. The van der Waals surface area contributed by atoms with Gasteiger partial charge in [0.1, 0.15) is 5.75 Å². The summed E-state index contributed by atoms with van der Waals surface area (Å²) in [6.45, 7) is 11.3. The van der Waals surface area contributed by atoms with E-state index in [0.29, 0.717) is 19.0 Å². The number of amides is 2. The summed E-state index contributed by atoms with van der Waals surface area (Å²) in [6.07, 6.45) is 0. The van der Waals surface area contributed by atoms with Crippen LogP contribution in [0.3, 0.4) is 0 Å². The van der Waals surface area contributed by atoms with Gasteiger partial charge >= 0.3 is 0 Å². The quantitative estimate of drug-likeness (QED) is 0.734. The molecule has 0 heterocycles. The average Bonchev–Trinajstić information content (AvgIpc) is 2.53. The molecule has 0 N–H and O–H groups in total. The van der Waals surface area contributed by atoms with Crippen LogP contribution in [-0.4, -0.2) is 54.9 Å². The fourth-order valence-electron chi connectivity index (χ4n) is 2.46. The van der Waals surface area contributed by atoms with E-state index in [1.807, 2.05) is 39.0 Å². The first-order valence-electron chi connectivity index (χ1n) is 8.55. The van der Waals surface area contributed by atoms with Crippen LogP contribution in [0.15, 0.2) is 18.2 Å². The van der Waals surface area contributed by atoms with E-state index in [1.54, 1.807) is 11.9 Å². The molecule has 0 aliphatic rings. The van der Waals surface area contributed by atoms with E-state index >= 15 is 0 Å². The summed E-state index contributed by atoms with van der Waals surface area (Å²) in [6, 6.07) is 6.02. The van der Waals surface area contributed by atoms with Crippen molar-refractivity contribution >= 4 is 11.8 Å². The number of hydrogen-bond donors (Lipinski definition) is 0. The first-order valence-corrected chi connectivity index (χ1v) is 8.55. The molecule has 0 fully saturated rings.